The highest BCUT2D eigenvalue weighted by molar-refractivity contribution is 7.98. The molecule has 0 spiro atoms. The lowest BCUT2D eigenvalue weighted by molar-refractivity contribution is 0.509. The number of benzene rings is 1. The lowest BCUT2D eigenvalue weighted by Gasteiger charge is -2.07. The Labute approximate surface area is 147 Å². The summed E-state index contributed by atoms with van der Waals surface area (Å²) in [6.07, 6.45) is 3.21. The highest BCUT2D eigenvalue weighted by atomic mass is 35.5. The summed E-state index contributed by atoms with van der Waals surface area (Å²) < 4.78 is 1.74. The van der Waals surface area contributed by atoms with E-state index in [2.05, 4.69) is 15.0 Å². The smallest absolute Gasteiger partial charge is 0.188 e. The summed E-state index contributed by atoms with van der Waals surface area (Å²) in [5.74, 6) is 0.0233. The maximum Gasteiger partial charge on any atom is 0.188 e. The molecule has 0 fully saturated rings. The van der Waals surface area contributed by atoms with Crippen LogP contribution in [-0.4, -0.2) is 30.9 Å². The minimum Gasteiger partial charge on any atom is -0.504 e. The lowest BCUT2D eigenvalue weighted by atomic mass is 10.2. The molecule has 1 N–H and O–H groups in total. The summed E-state index contributed by atoms with van der Waals surface area (Å²) in [5, 5.41) is 20.8. The molecular weight excluding hydrogens is 346 g/mol. The number of halogens is 1. The predicted molar refractivity (Wildman–Crippen MR) is 94.6 cm³/mol. The van der Waals surface area contributed by atoms with E-state index in [0.717, 1.165) is 11.0 Å². The number of aliphatic hydroxyl groups excluding tert-OH is 1. The Kier molecular flexibility index (Phi) is 4.42. The molecule has 8 heteroatoms. The number of rotatable bonds is 3. The van der Waals surface area contributed by atoms with E-state index in [1.807, 2.05) is 36.6 Å². The van der Waals surface area contributed by atoms with Gasteiger partial charge in [0, 0.05) is 7.05 Å². The van der Waals surface area contributed by atoms with Gasteiger partial charge in [0.05, 0.1) is 22.3 Å². The molecule has 2 heterocycles. The van der Waals surface area contributed by atoms with E-state index in [9.17, 15) is 10.4 Å². The van der Waals surface area contributed by atoms with Gasteiger partial charge in [0.2, 0.25) is 0 Å². The quantitative estimate of drug-likeness (QED) is 0.333. The first-order chi connectivity index (χ1) is 11.6. The normalized spacial score (nSPS) is 12.1. The van der Waals surface area contributed by atoms with Gasteiger partial charge in [-0.15, -0.1) is 0 Å². The van der Waals surface area contributed by atoms with Gasteiger partial charge in [-0.25, -0.2) is 15.0 Å². The summed E-state index contributed by atoms with van der Waals surface area (Å²) in [7, 11) is 1.78. The number of thioether (sulfide) groups is 1. The Morgan fingerprint density at radius 3 is 2.75 bits per heavy atom. The molecule has 120 valence electrons. The molecule has 3 rings (SSSR count). The summed E-state index contributed by atoms with van der Waals surface area (Å²) in [6, 6.07) is 9.48. The van der Waals surface area contributed by atoms with Crippen molar-refractivity contribution in [1.29, 1.82) is 5.26 Å². The number of fused-ring (bicyclic) bond motifs is 1. The Morgan fingerprint density at radius 1 is 1.33 bits per heavy atom. The summed E-state index contributed by atoms with van der Waals surface area (Å²) in [4.78, 5) is 12.7. The molecule has 0 unspecified atom stereocenters. The number of hydrogen-bond donors (Lipinski definition) is 1. The SMILES string of the molecule is CSc1ncc(Cl)c(C(O)=C(C#N)c2nc3ccccc3n2C)n1. The number of hydrogen-bond acceptors (Lipinski definition) is 6. The Morgan fingerprint density at radius 2 is 2.08 bits per heavy atom. The van der Waals surface area contributed by atoms with Crippen LogP contribution in [0.25, 0.3) is 22.4 Å². The minimum absolute atomic E-state index is 0.00125. The molecule has 0 aliphatic carbocycles. The van der Waals surface area contributed by atoms with E-state index < -0.39 is 0 Å². The van der Waals surface area contributed by atoms with Crippen molar-refractivity contribution in [2.75, 3.05) is 6.26 Å². The number of nitriles is 1. The van der Waals surface area contributed by atoms with Gasteiger partial charge in [-0.05, 0) is 18.4 Å². The van der Waals surface area contributed by atoms with Gasteiger partial charge < -0.3 is 9.67 Å². The van der Waals surface area contributed by atoms with E-state index in [4.69, 9.17) is 11.6 Å². The van der Waals surface area contributed by atoms with Gasteiger partial charge >= 0.3 is 0 Å². The zero-order chi connectivity index (χ0) is 17.3. The van der Waals surface area contributed by atoms with Crippen LogP contribution >= 0.6 is 23.4 Å². The van der Waals surface area contributed by atoms with Crippen molar-refractivity contribution in [3.63, 3.8) is 0 Å². The second-order valence-electron chi connectivity index (χ2n) is 4.87. The second-order valence-corrected chi connectivity index (χ2v) is 6.05. The van der Waals surface area contributed by atoms with Crippen LogP contribution in [0.4, 0.5) is 0 Å². The molecule has 3 aromatic rings. The summed E-state index contributed by atoms with van der Waals surface area (Å²) >= 11 is 7.40. The van der Waals surface area contributed by atoms with E-state index in [1.165, 1.54) is 18.0 Å². The summed E-state index contributed by atoms with van der Waals surface area (Å²) in [6.45, 7) is 0. The van der Waals surface area contributed by atoms with Crippen molar-refractivity contribution in [3.05, 3.63) is 47.0 Å². The number of imidazole rings is 1. The molecule has 0 saturated carbocycles. The number of nitrogens with zero attached hydrogens (tertiary/aromatic N) is 5. The van der Waals surface area contributed by atoms with Crippen LogP contribution in [-0.2, 0) is 7.05 Å². The maximum atomic E-state index is 10.6. The number of aryl methyl sites for hydroxylation is 1. The Bertz CT molecular complexity index is 1010. The largest absolute Gasteiger partial charge is 0.504 e. The minimum atomic E-state index is -0.321. The highest BCUT2D eigenvalue weighted by Gasteiger charge is 2.20. The first-order valence-corrected chi connectivity index (χ1v) is 8.49. The molecule has 0 aliphatic rings. The molecule has 6 nitrogen and oxygen atoms in total. The van der Waals surface area contributed by atoms with Crippen molar-refractivity contribution >= 4 is 45.7 Å². The van der Waals surface area contributed by atoms with E-state index >= 15 is 0 Å². The molecule has 0 bridgehead atoms. The third-order valence-corrected chi connectivity index (χ3v) is 4.33. The van der Waals surface area contributed by atoms with E-state index in [-0.39, 0.29) is 22.0 Å². The zero-order valence-electron chi connectivity index (χ0n) is 12.9. The second kappa shape index (κ2) is 6.51. The molecule has 24 heavy (non-hydrogen) atoms. The van der Waals surface area contributed by atoms with Crippen LogP contribution in [0.5, 0.6) is 0 Å². The highest BCUT2D eigenvalue weighted by Crippen LogP contribution is 2.29. The van der Waals surface area contributed by atoms with Gasteiger partial charge in [0.15, 0.2) is 16.7 Å². The van der Waals surface area contributed by atoms with Crippen molar-refractivity contribution < 1.29 is 5.11 Å². The van der Waals surface area contributed by atoms with Crippen LogP contribution in [0.3, 0.4) is 0 Å². The molecule has 0 radical (unpaired) electrons. The zero-order valence-corrected chi connectivity index (χ0v) is 14.4. The first-order valence-electron chi connectivity index (χ1n) is 6.89. The van der Waals surface area contributed by atoms with Gasteiger partial charge in [-0.3, -0.25) is 0 Å². The fourth-order valence-electron chi connectivity index (χ4n) is 2.31. The monoisotopic (exact) mass is 357 g/mol. The standard InChI is InChI=1S/C16H12ClN5OS/c1-22-12-6-4-3-5-11(12)20-15(22)9(7-18)14(23)13-10(17)8-19-16(21-13)24-2/h3-6,8,23H,1-2H3. The summed E-state index contributed by atoms with van der Waals surface area (Å²) in [5.41, 5.74) is 1.70. The van der Waals surface area contributed by atoms with Gasteiger partial charge in [-0.2, -0.15) is 5.26 Å². The average Bonchev–Trinajstić information content (AvgIpc) is 2.93. The molecule has 0 aliphatic heterocycles. The average molecular weight is 358 g/mol. The Balaban J connectivity index is 2.25. The van der Waals surface area contributed by atoms with Crippen LogP contribution < -0.4 is 0 Å². The van der Waals surface area contributed by atoms with Crippen molar-refractivity contribution in [1.82, 2.24) is 19.5 Å². The molecule has 2 aromatic heterocycles. The van der Waals surface area contributed by atoms with Crippen LogP contribution in [0.15, 0.2) is 35.6 Å². The van der Waals surface area contributed by atoms with E-state index in [0.29, 0.717) is 11.0 Å². The lowest BCUT2D eigenvalue weighted by Crippen LogP contribution is -2.02. The molecule has 1 aromatic carbocycles. The third kappa shape index (κ3) is 2.70. The fraction of sp³-hybridized carbons (Fsp3) is 0.125. The maximum absolute atomic E-state index is 10.6. The topological polar surface area (TPSA) is 87.6 Å². The van der Waals surface area contributed by atoms with Crippen LogP contribution in [0.1, 0.15) is 11.5 Å². The van der Waals surface area contributed by atoms with Gasteiger partial charge in [-0.1, -0.05) is 35.5 Å². The van der Waals surface area contributed by atoms with Crippen molar-refractivity contribution in [3.8, 4) is 6.07 Å². The molecule has 0 saturated heterocycles. The molecular formula is C16H12ClN5OS. The van der Waals surface area contributed by atoms with E-state index in [1.54, 1.807) is 11.6 Å². The van der Waals surface area contributed by atoms with Crippen molar-refractivity contribution in [2.24, 2.45) is 7.05 Å². The van der Waals surface area contributed by atoms with Gasteiger partial charge in [0.25, 0.3) is 0 Å². The fourth-order valence-corrected chi connectivity index (χ4v) is 2.83. The molecule has 0 amide bonds. The number of allylic oxidation sites excluding steroid dienone is 1. The first kappa shape index (κ1) is 16.3. The third-order valence-electron chi connectivity index (χ3n) is 3.49. The van der Waals surface area contributed by atoms with Crippen LogP contribution in [0.2, 0.25) is 5.02 Å². The van der Waals surface area contributed by atoms with Crippen LogP contribution in [0, 0.1) is 11.3 Å². The van der Waals surface area contributed by atoms with Gasteiger partial charge in [0.1, 0.15) is 17.3 Å². The number of aliphatic hydroxyl groups is 1. The predicted octanol–water partition coefficient (Wildman–Crippen LogP) is 3.69. The molecule has 0 atom stereocenters. The number of para-hydroxylation sites is 2. The number of aromatic nitrogens is 4. The van der Waals surface area contributed by atoms with Crippen molar-refractivity contribution in [2.45, 2.75) is 5.16 Å². The Hall–Kier alpha value is -2.56.